The van der Waals surface area contributed by atoms with E-state index in [1.54, 1.807) is 0 Å². The predicted octanol–water partition coefficient (Wildman–Crippen LogP) is 4.20. The molecule has 1 heterocycles. The summed E-state index contributed by atoms with van der Waals surface area (Å²) >= 11 is 1.82. The van der Waals surface area contributed by atoms with Crippen molar-refractivity contribution in [1.29, 1.82) is 0 Å². The zero-order chi connectivity index (χ0) is 12.1. The van der Waals surface area contributed by atoms with Crippen LogP contribution in [0.2, 0.25) is 0 Å². The van der Waals surface area contributed by atoms with Crippen molar-refractivity contribution in [3.8, 4) is 0 Å². The van der Waals surface area contributed by atoms with Crippen LogP contribution in [0, 0.1) is 0 Å². The lowest BCUT2D eigenvalue weighted by Crippen LogP contribution is -2.22. The first-order chi connectivity index (χ1) is 8.27. The van der Waals surface area contributed by atoms with Gasteiger partial charge in [0.1, 0.15) is 0 Å². The first kappa shape index (κ1) is 12.3. The average Bonchev–Trinajstić information content (AvgIpc) is 2.90. The molecule has 0 saturated heterocycles. The summed E-state index contributed by atoms with van der Waals surface area (Å²) in [5, 5.41) is 5.73. The quantitative estimate of drug-likeness (QED) is 0.832. The Morgan fingerprint density at radius 1 is 1.06 bits per heavy atom. The molecule has 0 spiro atoms. The lowest BCUT2D eigenvalue weighted by molar-refractivity contribution is 0.543. The van der Waals surface area contributed by atoms with Crippen LogP contribution in [0.3, 0.4) is 0 Å². The fraction of sp³-hybridized carbons (Fsp3) is 0.333. The van der Waals surface area contributed by atoms with Crippen molar-refractivity contribution in [2.75, 3.05) is 6.54 Å². The summed E-state index contributed by atoms with van der Waals surface area (Å²) in [5.41, 5.74) is 1.40. The van der Waals surface area contributed by atoms with Crippen LogP contribution in [0.5, 0.6) is 0 Å². The van der Waals surface area contributed by atoms with E-state index < -0.39 is 0 Å². The van der Waals surface area contributed by atoms with Crippen LogP contribution in [-0.4, -0.2) is 6.54 Å². The molecule has 1 N–H and O–H groups in total. The van der Waals surface area contributed by atoms with E-state index in [1.807, 2.05) is 11.3 Å². The van der Waals surface area contributed by atoms with E-state index in [2.05, 4.69) is 67.0 Å². The van der Waals surface area contributed by atoms with Crippen molar-refractivity contribution in [3.05, 3.63) is 58.3 Å². The van der Waals surface area contributed by atoms with Gasteiger partial charge in [-0.05, 0) is 29.9 Å². The van der Waals surface area contributed by atoms with Crippen molar-refractivity contribution >= 4 is 11.3 Å². The molecule has 1 aromatic heterocycles. The number of hydrogen-bond donors (Lipinski definition) is 1. The third-order valence-corrected chi connectivity index (χ3v) is 4.12. The number of thiophene rings is 1. The van der Waals surface area contributed by atoms with Crippen LogP contribution >= 0.6 is 11.3 Å². The lowest BCUT2D eigenvalue weighted by atomic mass is 10.0. The van der Waals surface area contributed by atoms with Gasteiger partial charge in [0.25, 0.3) is 0 Å². The standard InChI is InChI=1S/C15H19NS/c1-12(14-7-4-3-5-8-14)11-16-13(2)15-9-6-10-17-15/h3-10,12-13,16H,11H2,1-2H3/t12?,13-/m0/s1. The summed E-state index contributed by atoms with van der Waals surface area (Å²) in [6.07, 6.45) is 0. The van der Waals surface area contributed by atoms with Crippen LogP contribution in [0.4, 0.5) is 0 Å². The maximum Gasteiger partial charge on any atom is 0.0386 e. The highest BCUT2D eigenvalue weighted by Crippen LogP contribution is 2.20. The van der Waals surface area contributed by atoms with Crippen LogP contribution in [0.1, 0.15) is 36.2 Å². The van der Waals surface area contributed by atoms with E-state index in [0.29, 0.717) is 12.0 Å². The minimum absolute atomic E-state index is 0.446. The minimum Gasteiger partial charge on any atom is -0.309 e. The molecule has 0 aliphatic carbocycles. The summed E-state index contributed by atoms with van der Waals surface area (Å²) < 4.78 is 0. The summed E-state index contributed by atoms with van der Waals surface area (Å²) in [7, 11) is 0. The van der Waals surface area contributed by atoms with Gasteiger partial charge in [-0.15, -0.1) is 11.3 Å². The Hall–Kier alpha value is -1.12. The summed E-state index contributed by atoms with van der Waals surface area (Å²) in [6.45, 7) is 5.51. The second kappa shape index (κ2) is 5.99. The van der Waals surface area contributed by atoms with Crippen molar-refractivity contribution in [1.82, 2.24) is 5.32 Å². The monoisotopic (exact) mass is 245 g/mol. The van der Waals surface area contributed by atoms with Crippen molar-refractivity contribution < 1.29 is 0 Å². The van der Waals surface area contributed by atoms with Gasteiger partial charge in [-0.2, -0.15) is 0 Å². The Labute approximate surface area is 108 Å². The maximum absolute atomic E-state index is 3.59. The van der Waals surface area contributed by atoms with E-state index in [0.717, 1.165) is 6.54 Å². The molecule has 2 atom stereocenters. The fourth-order valence-corrected chi connectivity index (χ4v) is 2.65. The molecule has 0 fully saturated rings. The SMILES string of the molecule is CC(CN[C@@H](C)c1cccs1)c1ccccc1. The molecule has 1 aromatic carbocycles. The topological polar surface area (TPSA) is 12.0 Å². The Kier molecular flexibility index (Phi) is 4.35. The molecule has 0 saturated carbocycles. The van der Waals surface area contributed by atoms with Gasteiger partial charge in [0, 0.05) is 17.5 Å². The van der Waals surface area contributed by atoms with Crippen LogP contribution in [0.15, 0.2) is 47.8 Å². The van der Waals surface area contributed by atoms with E-state index in [1.165, 1.54) is 10.4 Å². The van der Waals surface area contributed by atoms with Gasteiger partial charge in [0.05, 0.1) is 0 Å². The Morgan fingerprint density at radius 3 is 2.47 bits per heavy atom. The molecule has 2 aromatic rings. The molecule has 2 rings (SSSR count). The summed E-state index contributed by atoms with van der Waals surface area (Å²) in [5.74, 6) is 0.554. The van der Waals surface area contributed by atoms with Crippen LogP contribution < -0.4 is 5.32 Å². The highest BCUT2D eigenvalue weighted by atomic mass is 32.1. The zero-order valence-electron chi connectivity index (χ0n) is 10.4. The summed E-state index contributed by atoms with van der Waals surface area (Å²) in [6, 6.07) is 15.4. The first-order valence-electron chi connectivity index (χ1n) is 6.09. The summed E-state index contributed by atoms with van der Waals surface area (Å²) in [4.78, 5) is 1.41. The number of rotatable bonds is 5. The minimum atomic E-state index is 0.446. The third-order valence-electron chi connectivity index (χ3n) is 3.07. The molecule has 90 valence electrons. The molecule has 0 amide bonds. The van der Waals surface area contributed by atoms with Crippen molar-refractivity contribution in [2.24, 2.45) is 0 Å². The second-order valence-electron chi connectivity index (χ2n) is 4.46. The molecule has 1 unspecified atom stereocenters. The molecule has 1 nitrogen and oxygen atoms in total. The lowest BCUT2D eigenvalue weighted by Gasteiger charge is -2.17. The Balaban J connectivity index is 1.86. The highest BCUT2D eigenvalue weighted by molar-refractivity contribution is 7.10. The third kappa shape index (κ3) is 3.42. The maximum atomic E-state index is 3.59. The molecule has 0 bridgehead atoms. The molecule has 2 heteroatoms. The average molecular weight is 245 g/mol. The molecular formula is C15H19NS. The van der Waals surface area contributed by atoms with Gasteiger partial charge in [0.2, 0.25) is 0 Å². The fourth-order valence-electron chi connectivity index (χ4n) is 1.89. The van der Waals surface area contributed by atoms with Gasteiger partial charge in [-0.25, -0.2) is 0 Å². The van der Waals surface area contributed by atoms with Gasteiger partial charge < -0.3 is 5.32 Å². The molecule has 0 radical (unpaired) electrons. The van der Waals surface area contributed by atoms with Gasteiger partial charge in [-0.3, -0.25) is 0 Å². The molecule has 0 aliphatic heterocycles. The van der Waals surface area contributed by atoms with Crippen molar-refractivity contribution in [3.63, 3.8) is 0 Å². The largest absolute Gasteiger partial charge is 0.309 e. The van der Waals surface area contributed by atoms with E-state index in [4.69, 9.17) is 0 Å². The van der Waals surface area contributed by atoms with Gasteiger partial charge >= 0.3 is 0 Å². The first-order valence-corrected chi connectivity index (χ1v) is 6.97. The number of hydrogen-bond acceptors (Lipinski definition) is 2. The molecule has 17 heavy (non-hydrogen) atoms. The second-order valence-corrected chi connectivity index (χ2v) is 5.44. The number of nitrogens with one attached hydrogen (secondary N) is 1. The van der Waals surface area contributed by atoms with E-state index in [-0.39, 0.29) is 0 Å². The Morgan fingerprint density at radius 2 is 1.82 bits per heavy atom. The number of benzene rings is 1. The van der Waals surface area contributed by atoms with Crippen LogP contribution in [-0.2, 0) is 0 Å². The normalized spacial score (nSPS) is 14.5. The Bertz CT molecular complexity index is 421. The highest BCUT2D eigenvalue weighted by Gasteiger charge is 2.09. The molecule has 0 aliphatic rings. The molecular weight excluding hydrogens is 226 g/mol. The van der Waals surface area contributed by atoms with E-state index in [9.17, 15) is 0 Å². The van der Waals surface area contributed by atoms with Gasteiger partial charge in [0.15, 0.2) is 0 Å². The van der Waals surface area contributed by atoms with E-state index >= 15 is 0 Å². The van der Waals surface area contributed by atoms with Crippen molar-refractivity contribution in [2.45, 2.75) is 25.8 Å². The zero-order valence-corrected chi connectivity index (χ0v) is 11.2. The van der Waals surface area contributed by atoms with Gasteiger partial charge in [-0.1, -0.05) is 43.3 Å². The smallest absolute Gasteiger partial charge is 0.0386 e. The predicted molar refractivity (Wildman–Crippen MR) is 75.6 cm³/mol. The van der Waals surface area contributed by atoms with Crippen LogP contribution in [0.25, 0.3) is 0 Å².